The predicted octanol–water partition coefficient (Wildman–Crippen LogP) is 2.22. The average Bonchev–Trinajstić information content (AvgIpc) is 2.41. The Kier molecular flexibility index (Phi) is 4.72. The van der Waals surface area contributed by atoms with E-state index >= 15 is 0 Å². The summed E-state index contributed by atoms with van der Waals surface area (Å²) in [4.78, 5) is -0.00129. The summed E-state index contributed by atoms with van der Waals surface area (Å²) in [6.45, 7) is 0.564. The van der Waals surface area contributed by atoms with Crippen molar-refractivity contribution in [2.24, 2.45) is 5.14 Å². The summed E-state index contributed by atoms with van der Waals surface area (Å²) in [5.74, 6) is 0. The minimum Gasteiger partial charge on any atom is -0.399 e. The van der Waals surface area contributed by atoms with Gasteiger partial charge in [-0.2, -0.15) is 0 Å². The first-order valence-corrected chi connectivity index (χ1v) is 8.19. The maximum absolute atomic E-state index is 11.5. The van der Waals surface area contributed by atoms with E-state index in [-0.39, 0.29) is 4.90 Å². The van der Waals surface area contributed by atoms with Gasteiger partial charge in [-0.05, 0) is 42.3 Å². The fourth-order valence-electron chi connectivity index (χ4n) is 1.91. The molecule has 0 saturated carbocycles. The Balaban J connectivity index is 2.08. The van der Waals surface area contributed by atoms with Crippen molar-refractivity contribution in [1.82, 2.24) is 0 Å². The summed E-state index contributed by atoms with van der Waals surface area (Å²) in [6.07, 6.45) is 0.728. The van der Waals surface area contributed by atoms with E-state index in [2.05, 4.69) is 5.32 Å². The molecule has 0 fully saturated rings. The van der Waals surface area contributed by atoms with Crippen molar-refractivity contribution in [3.8, 4) is 0 Å². The number of halogens is 1. The molecular weight excluding hydrogens is 310 g/mol. The number of benzene rings is 2. The zero-order chi connectivity index (χ0) is 15.5. The SMILES string of the molecule is Nc1ccc(NCCc2ccc(Cl)cc2)c(S(N)(=O)=O)c1. The second-order valence-corrected chi connectivity index (χ2v) is 6.57. The van der Waals surface area contributed by atoms with Crippen LogP contribution in [0, 0.1) is 0 Å². The fourth-order valence-corrected chi connectivity index (χ4v) is 2.79. The topological polar surface area (TPSA) is 98.2 Å². The molecule has 0 aromatic heterocycles. The lowest BCUT2D eigenvalue weighted by Crippen LogP contribution is -2.16. The molecule has 2 aromatic carbocycles. The van der Waals surface area contributed by atoms with Crippen molar-refractivity contribution in [2.45, 2.75) is 11.3 Å². The molecule has 0 bridgehead atoms. The molecule has 5 N–H and O–H groups in total. The van der Waals surface area contributed by atoms with E-state index in [1.54, 1.807) is 12.1 Å². The van der Waals surface area contributed by atoms with Gasteiger partial charge in [-0.15, -0.1) is 0 Å². The van der Waals surface area contributed by atoms with E-state index < -0.39 is 10.0 Å². The van der Waals surface area contributed by atoms with Gasteiger partial charge in [-0.1, -0.05) is 23.7 Å². The molecule has 0 radical (unpaired) electrons. The van der Waals surface area contributed by atoms with E-state index in [0.29, 0.717) is 22.9 Å². The normalized spacial score (nSPS) is 11.3. The smallest absolute Gasteiger partial charge is 0.240 e. The Morgan fingerprint density at radius 3 is 2.38 bits per heavy atom. The van der Waals surface area contributed by atoms with Crippen LogP contribution in [0.5, 0.6) is 0 Å². The van der Waals surface area contributed by atoms with Gasteiger partial charge >= 0.3 is 0 Å². The lowest BCUT2D eigenvalue weighted by Gasteiger charge is -2.11. The summed E-state index contributed by atoms with van der Waals surface area (Å²) in [6, 6.07) is 12.1. The molecule has 0 unspecified atom stereocenters. The summed E-state index contributed by atoms with van der Waals surface area (Å²) >= 11 is 5.82. The van der Waals surface area contributed by atoms with Crippen molar-refractivity contribution in [3.05, 3.63) is 53.1 Å². The lowest BCUT2D eigenvalue weighted by atomic mass is 10.1. The molecule has 0 aliphatic heterocycles. The van der Waals surface area contributed by atoms with Crippen molar-refractivity contribution in [3.63, 3.8) is 0 Å². The first-order valence-electron chi connectivity index (χ1n) is 6.27. The van der Waals surface area contributed by atoms with Crippen molar-refractivity contribution >= 4 is 33.0 Å². The molecule has 0 spiro atoms. The second-order valence-electron chi connectivity index (χ2n) is 4.60. The predicted molar refractivity (Wildman–Crippen MR) is 85.9 cm³/mol. The number of sulfonamides is 1. The third kappa shape index (κ3) is 4.35. The summed E-state index contributed by atoms with van der Waals surface area (Å²) < 4.78 is 23.1. The van der Waals surface area contributed by atoms with Crippen LogP contribution < -0.4 is 16.2 Å². The largest absolute Gasteiger partial charge is 0.399 e. The number of hydrogen-bond acceptors (Lipinski definition) is 4. The number of nitrogens with one attached hydrogen (secondary N) is 1. The third-order valence-electron chi connectivity index (χ3n) is 2.95. The monoisotopic (exact) mass is 325 g/mol. The molecule has 2 aromatic rings. The van der Waals surface area contributed by atoms with Gasteiger partial charge < -0.3 is 11.1 Å². The molecule has 112 valence electrons. The van der Waals surface area contributed by atoms with Crippen LogP contribution in [0.15, 0.2) is 47.4 Å². The molecule has 0 aliphatic carbocycles. The quantitative estimate of drug-likeness (QED) is 0.734. The number of primary sulfonamides is 1. The maximum atomic E-state index is 11.5. The second kappa shape index (κ2) is 6.34. The Labute approximate surface area is 129 Å². The molecule has 7 heteroatoms. The Bertz CT molecular complexity index is 730. The molecule has 0 saturated heterocycles. The van der Waals surface area contributed by atoms with Crippen molar-refractivity contribution in [2.75, 3.05) is 17.6 Å². The number of nitrogen functional groups attached to an aromatic ring is 1. The third-order valence-corrected chi connectivity index (χ3v) is 4.16. The van der Waals surface area contributed by atoms with Gasteiger partial charge in [0.2, 0.25) is 10.0 Å². The molecule has 5 nitrogen and oxygen atoms in total. The first-order chi connectivity index (χ1) is 9.86. The standard InChI is InChI=1S/C14H16ClN3O2S/c15-11-3-1-10(2-4-11)7-8-18-13-6-5-12(16)9-14(13)21(17,19)20/h1-6,9,18H,7-8,16H2,(H2,17,19,20). The number of hydrogen-bond donors (Lipinski definition) is 3. The molecular formula is C14H16ClN3O2S. The molecule has 0 amide bonds. The fraction of sp³-hybridized carbons (Fsp3) is 0.143. The Hall–Kier alpha value is -1.76. The van der Waals surface area contributed by atoms with Crippen molar-refractivity contribution < 1.29 is 8.42 Å². The van der Waals surface area contributed by atoms with Crippen LogP contribution in [0.3, 0.4) is 0 Å². The van der Waals surface area contributed by atoms with Gasteiger partial charge in [-0.25, -0.2) is 13.6 Å². The van der Waals surface area contributed by atoms with Gasteiger partial charge in [0, 0.05) is 17.3 Å². The van der Waals surface area contributed by atoms with Gasteiger partial charge in [0.25, 0.3) is 0 Å². The average molecular weight is 326 g/mol. The van der Waals surface area contributed by atoms with E-state index in [0.717, 1.165) is 12.0 Å². The van der Waals surface area contributed by atoms with E-state index in [1.807, 2.05) is 24.3 Å². The van der Waals surface area contributed by atoms with Crippen LogP contribution in [-0.4, -0.2) is 15.0 Å². The zero-order valence-electron chi connectivity index (χ0n) is 11.2. The maximum Gasteiger partial charge on any atom is 0.240 e. The number of rotatable bonds is 5. The van der Waals surface area contributed by atoms with Crippen LogP contribution >= 0.6 is 11.6 Å². The summed E-state index contributed by atoms with van der Waals surface area (Å²) in [7, 11) is -3.82. The van der Waals surface area contributed by atoms with Crippen LogP contribution in [-0.2, 0) is 16.4 Å². The van der Waals surface area contributed by atoms with Crippen LogP contribution in [0.1, 0.15) is 5.56 Å². The highest BCUT2D eigenvalue weighted by atomic mass is 35.5. The number of anilines is 2. The van der Waals surface area contributed by atoms with E-state index in [9.17, 15) is 8.42 Å². The zero-order valence-corrected chi connectivity index (χ0v) is 12.8. The van der Waals surface area contributed by atoms with Crippen LogP contribution in [0.25, 0.3) is 0 Å². The molecule has 0 aliphatic rings. The van der Waals surface area contributed by atoms with Crippen LogP contribution in [0.4, 0.5) is 11.4 Å². The van der Waals surface area contributed by atoms with Gasteiger partial charge in [-0.3, -0.25) is 0 Å². The molecule has 2 rings (SSSR count). The lowest BCUT2D eigenvalue weighted by molar-refractivity contribution is 0.598. The van der Waals surface area contributed by atoms with Crippen LogP contribution in [0.2, 0.25) is 5.02 Å². The van der Waals surface area contributed by atoms with E-state index in [4.69, 9.17) is 22.5 Å². The van der Waals surface area contributed by atoms with Crippen molar-refractivity contribution in [1.29, 1.82) is 0 Å². The molecule has 0 heterocycles. The molecule has 0 atom stereocenters. The van der Waals surface area contributed by atoms with Gasteiger partial charge in [0.1, 0.15) is 4.90 Å². The Morgan fingerprint density at radius 2 is 1.76 bits per heavy atom. The highest BCUT2D eigenvalue weighted by Crippen LogP contribution is 2.22. The highest BCUT2D eigenvalue weighted by Gasteiger charge is 2.14. The van der Waals surface area contributed by atoms with E-state index in [1.165, 1.54) is 6.07 Å². The van der Waals surface area contributed by atoms with Gasteiger partial charge in [0.05, 0.1) is 5.69 Å². The Morgan fingerprint density at radius 1 is 1.10 bits per heavy atom. The summed E-state index contributed by atoms with van der Waals surface area (Å²) in [5.41, 5.74) is 7.49. The summed E-state index contributed by atoms with van der Waals surface area (Å²) in [5, 5.41) is 8.93. The highest BCUT2D eigenvalue weighted by molar-refractivity contribution is 7.89. The molecule has 21 heavy (non-hydrogen) atoms. The minimum absolute atomic E-state index is 0.00129. The first kappa shape index (κ1) is 15.6. The number of nitrogens with two attached hydrogens (primary N) is 2. The minimum atomic E-state index is -3.82. The van der Waals surface area contributed by atoms with Gasteiger partial charge in [0.15, 0.2) is 0 Å².